The van der Waals surface area contributed by atoms with Crippen LogP contribution in [0.15, 0.2) is 0 Å². The van der Waals surface area contributed by atoms with Crippen molar-refractivity contribution in [2.24, 2.45) is 0 Å². The molecule has 60 valence electrons. The molecule has 0 atom stereocenters. The first-order chi connectivity index (χ1) is 3.56. The van der Waals surface area contributed by atoms with Gasteiger partial charge in [0.2, 0.25) is 10.4 Å². The molecule has 0 saturated carbocycles. The maximum Gasteiger partial charge on any atom is 0.217 e. The largest absolute Gasteiger partial charge is 0.726 e. The van der Waals surface area contributed by atoms with Gasteiger partial charge >= 0.3 is 0 Å². The third-order valence-electron chi connectivity index (χ3n) is 0.204. The summed E-state index contributed by atoms with van der Waals surface area (Å²) >= 11 is 0. The number of hydrogen-bond acceptors (Lipinski definition) is 5. The van der Waals surface area contributed by atoms with Crippen molar-refractivity contribution >= 4 is 10.4 Å². The zero-order chi connectivity index (χ0) is 7.21. The van der Waals surface area contributed by atoms with Gasteiger partial charge in [-0.2, -0.15) is 0 Å². The van der Waals surface area contributed by atoms with E-state index in [1.807, 2.05) is 0 Å². The van der Waals surface area contributed by atoms with E-state index in [-0.39, 0.29) is 6.15 Å². The van der Waals surface area contributed by atoms with E-state index in [1.54, 1.807) is 0 Å². The summed E-state index contributed by atoms with van der Waals surface area (Å²) in [5.41, 5.74) is 0. The van der Waals surface area contributed by atoms with Crippen LogP contribution in [-0.4, -0.2) is 32.3 Å². The van der Waals surface area contributed by atoms with E-state index in [2.05, 4.69) is 4.18 Å². The highest BCUT2D eigenvalue weighted by Crippen LogP contribution is 1.74. The van der Waals surface area contributed by atoms with Gasteiger partial charge in [-0.1, -0.05) is 0 Å². The Morgan fingerprint density at radius 2 is 1.56 bits per heavy atom. The van der Waals surface area contributed by atoms with Crippen molar-refractivity contribution in [1.82, 2.24) is 6.15 Å². The normalized spacial score (nSPS) is 8.44. The molecule has 0 fully saturated rings. The molecule has 0 radical (unpaired) electrons. The predicted molar refractivity (Wildman–Crippen MR) is 30.8 cm³/mol. The lowest BCUT2D eigenvalue weighted by Crippen LogP contribution is -1.97. The zero-order valence-corrected chi connectivity index (χ0v) is 6.30. The number of quaternary nitrogens is 1. The van der Waals surface area contributed by atoms with Gasteiger partial charge in [-0.15, -0.1) is 0 Å². The molecule has 5 N–H and O–H groups in total. The van der Waals surface area contributed by atoms with E-state index in [4.69, 9.17) is 5.11 Å². The van der Waals surface area contributed by atoms with Crippen LogP contribution in [-0.2, 0) is 14.6 Å². The van der Waals surface area contributed by atoms with E-state index < -0.39 is 10.4 Å². The quantitative estimate of drug-likeness (QED) is 0.380. The van der Waals surface area contributed by atoms with Gasteiger partial charge in [0.05, 0.1) is 7.11 Å². The van der Waals surface area contributed by atoms with Crippen LogP contribution in [0.25, 0.3) is 0 Å². The molecule has 0 heterocycles. The number of aliphatic hydroxyl groups is 1. The Morgan fingerprint density at radius 3 is 1.56 bits per heavy atom. The van der Waals surface area contributed by atoms with Crippen LogP contribution in [0.4, 0.5) is 0 Å². The maximum absolute atomic E-state index is 9.22. The topological polar surface area (TPSA) is 123 Å². The summed E-state index contributed by atoms with van der Waals surface area (Å²) in [5.74, 6) is 0. The van der Waals surface area contributed by atoms with Gasteiger partial charge in [-0.25, -0.2) is 8.42 Å². The van der Waals surface area contributed by atoms with Gasteiger partial charge in [0, 0.05) is 7.11 Å². The van der Waals surface area contributed by atoms with Crippen LogP contribution >= 0.6 is 0 Å². The van der Waals surface area contributed by atoms with Crippen molar-refractivity contribution in [3.8, 4) is 0 Å². The number of rotatable bonds is 1. The van der Waals surface area contributed by atoms with Crippen molar-refractivity contribution in [3.05, 3.63) is 0 Å². The molecule has 0 aromatic rings. The first-order valence-electron chi connectivity index (χ1n) is 1.52. The lowest BCUT2D eigenvalue weighted by molar-refractivity contribution is 0.314. The SMILES string of the molecule is CO.COS(=O)(=O)[O-].[NH4+]. The van der Waals surface area contributed by atoms with Crippen LogP contribution in [0, 0.1) is 0 Å². The summed E-state index contributed by atoms with van der Waals surface area (Å²) in [6.07, 6.45) is 0. The maximum atomic E-state index is 9.22. The summed E-state index contributed by atoms with van der Waals surface area (Å²) in [6, 6.07) is 0. The Kier molecular flexibility index (Phi) is 13.8. The van der Waals surface area contributed by atoms with Gasteiger partial charge in [0.15, 0.2) is 0 Å². The smallest absolute Gasteiger partial charge is 0.217 e. The molecule has 0 saturated heterocycles. The fourth-order valence-electron chi connectivity index (χ4n) is 0. The lowest BCUT2D eigenvalue weighted by Gasteiger charge is -1.98. The fourth-order valence-corrected chi connectivity index (χ4v) is 0. The molecule has 0 unspecified atom stereocenters. The average molecular weight is 161 g/mol. The van der Waals surface area contributed by atoms with Gasteiger partial charge in [-0.05, 0) is 0 Å². The highest BCUT2D eigenvalue weighted by molar-refractivity contribution is 7.80. The van der Waals surface area contributed by atoms with E-state index >= 15 is 0 Å². The summed E-state index contributed by atoms with van der Waals surface area (Å²) in [4.78, 5) is 0. The highest BCUT2D eigenvalue weighted by atomic mass is 32.3. The highest BCUT2D eigenvalue weighted by Gasteiger charge is 1.79. The van der Waals surface area contributed by atoms with Crippen molar-refractivity contribution in [1.29, 1.82) is 0 Å². The van der Waals surface area contributed by atoms with Gasteiger partial charge in [-0.3, -0.25) is 4.18 Å². The number of hydrogen-bond donors (Lipinski definition) is 2. The summed E-state index contributed by atoms with van der Waals surface area (Å²) in [7, 11) is -2.60. The van der Waals surface area contributed by atoms with E-state index in [1.165, 1.54) is 0 Å². The third-order valence-corrected chi connectivity index (χ3v) is 0.612. The standard InChI is InChI=1S/CH4O4S.CH4O.H3N/c1-5-6(2,3)4;1-2;/h1H3,(H,2,3,4);2H,1H3;1H3. The second-order valence-corrected chi connectivity index (χ2v) is 1.72. The van der Waals surface area contributed by atoms with E-state index in [0.717, 1.165) is 14.2 Å². The van der Waals surface area contributed by atoms with Gasteiger partial charge in [0.25, 0.3) is 0 Å². The predicted octanol–water partition coefficient (Wildman–Crippen LogP) is -0.922. The molecule has 0 aliphatic rings. The Hall–Kier alpha value is -0.210. The average Bonchev–Trinajstić information content (AvgIpc) is 1.71. The molecule has 9 heavy (non-hydrogen) atoms. The molecule has 0 aromatic carbocycles. The summed E-state index contributed by atoms with van der Waals surface area (Å²) < 4.78 is 31.0. The molecule has 0 spiro atoms. The Balaban J connectivity index is -0.000000109. The second-order valence-electron chi connectivity index (χ2n) is 0.575. The summed E-state index contributed by atoms with van der Waals surface area (Å²) in [6.45, 7) is 0. The van der Waals surface area contributed by atoms with Crippen LogP contribution < -0.4 is 6.15 Å². The monoisotopic (exact) mass is 161 g/mol. The fraction of sp³-hybridized carbons (Fsp3) is 1.00. The molecule has 0 bridgehead atoms. The molecular weight excluding hydrogens is 150 g/mol. The van der Waals surface area contributed by atoms with Crippen molar-refractivity contribution in [2.45, 2.75) is 0 Å². The minimum absolute atomic E-state index is 0. The molecule has 0 aromatic heterocycles. The van der Waals surface area contributed by atoms with Crippen molar-refractivity contribution in [2.75, 3.05) is 14.2 Å². The van der Waals surface area contributed by atoms with Crippen LogP contribution in [0.3, 0.4) is 0 Å². The molecule has 7 heteroatoms. The third kappa shape index (κ3) is 33.5. The minimum atomic E-state index is -4.41. The molecule has 0 rings (SSSR count). The Labute approximate surface area is 54.0 Å². The first-order valence-corrected chi connectivity index (χ1v) is 2.86. The molecular formula is C2H11NO5S. The first kappa shape index (κ1) is 15.9. The summed E-state index contributed by atoms with van der Waals surface area (Å²) in [5, 5.41) is 7.00. The van der Waals surface area contributed by atoms with Crippen LogP contribution in [0.5, 0.6) is 0 Å². The van der Waals surface area contributed by atoms with E-state index in [0.29, 0.717) is 0 Å². The zero-order valence-electron chi connectivity index (χ0n) is 5.49. The van der Waals surface area contributed by atoms with Crippen molar-refractivity contribution < 1.29 is 22.3 Å². The van der Waals surface area contributed by atoms with E-state index in [9.17, 15) is 13.0 Å². The lowest BCUT2D eigenvalue weighted by atomic mass is 11.8. The number of aliphatic hydroxyl groups excluding tert-OH is 1. The molecule has 0 aliphatic heterocycles. The Morgan fingerprint density at radius 1 is 1.44 bits per heavy atom. The van der Waals surface area contributed by atoms with Crippen molar-refractivity contribution in [3.63, 3.8) is 0 Å². The van der Waals surface area contributed by atoms with Crippen LogP contribution in [0.1, 0.15) is 0 Å². The van der Waals surface area contributed by atoms with Gasteiger partial charge in [0.1, 0.15) is 0 Å². The Bertz CT molecular complexity index is 117. The second kappa shape index (κ2) is 7.79. The molecule has 0 amide bonds. The van der Waals surface area contributed by atoms with Crippen LogP contribution in [0.2, 0.25) is 0 Å². The minimum Gasteiger partial charge on any atom is -0.726 e. The molecule has 6 nitrogen and oxygen atoms in total. The molecule has 0 aliphatic carbocycles. The van der Waals surface area contributed by atoms with Gasteiger partial charge < -0.3 is 15.8 Å².